The van der Waals surface area contributed by atoms with Crippen molar-refractivity contribution in [1.29, 1.82) is 0 Å². The molecule has 0 aliphatic rings. The predicted octanol–water partition coefficient (Wildman–Crippen LogP) is 3.03. The van der Waals surface area contributed by atoms with E-state index in [9.17, 15) is 9.59 Å². The molecule has 0 unspecified atom stereocenters. The molecular weight excluding hydrogens is 378 g/mol. The molecule has 144 valence electrons. The largest absolute Gasteiger partial charge is 0.490 e. The van der Waals surface area contributed by atoms with E-state index in [0.717, 1.165) is 22.7 Å². The van der Waals surface area contributed by atoms with Gasteiger partial charge in [0.1, 0.15) is 24.0 Å². The molecule has 0 bridgehead atoms. The van der Waals surface area contributed by atoms with Crippen molar-refractivity contribution >= 4 is 28.3 Å². The van der Waals surface area contributed by atoms with Crippen LogP contribution in [0.2, 0.25) is 0 Å². The minimum atomic E-state index is -0.521. The van der Waals surface area contributed by atoms with Crippen LogP contribution in [0.1, 0.15) is 23.2 Å². The van der Waals surface area contributed by atoms with Gasteiger partial charge in [-0.1, -0.05) is 43.0 Å². The van der Waals surface area contributed by atoms with Gasteiger partial charge in [0.05, 0.1) is 5.69 Å². The van der Waals surface area contributed by atoms with Gasteiger partial charge >= 0.3 is 5.97 Å². The van der Waals surface area contributed by atoms with E-state index in [4.69, 9.17) is 9.47 Å². The third-order valence-corrected chi connectivity index (χ3v) is 4.72. The Morgan fingerprint density at radius 2 is 2.11 bits per heavy atom. The van der Waals surface area contributed by atoms with Crippen molar-refractivity contribution in [3.63, 3.8) is 0 Å². The summed E-state index contributed by atoms with van der Waals surface area (Å²) in [6.45, 7) is 5.91. The number of aryl methyl sites for hydroxylation is 1. The first-order valence-corrected chi connectivity index (χ1v) is 9.48. The number of carbonyl (C=O) groups is 1. The van der Waals surface area contributed by atoms with Gasteiger partial charge in [-0.2, -0.15) is 9.61 Å². The number of carbonyl (C=O) groups excluding carboxylic acids is 1. The van der Waals surface area contributed by atoms with Crippen molar-refractivity contribution in [3.8, 4) is 5.75 Å². The standard InChI is InChI=1S/C20H19N3O4S/c1-3-11-26-16-8-5-14(6-9-16)7-10-19(25)27-13-15-12-18(24)23-20(21-15)28-17(4-2)22-23/h3,5-10,12H,1,4,11,13H2,2H3/b10-7+. The van der Waals surface area contributed by atoms with E-state index in [2.05, 4.69) is 16.7 Å². The van der Waals surface area contributed by atoms with Crippen LogP contribution in [0.4, 0.5) is 0 Å². The lowest BCUT2D eigenvalue weighted by atomic mass is 10.2. The highest BCUT2D eigenvalue weighted by Crippen LogP contribution is 2.14. The molecule has 0 saturated carbocycles. The zero-order valence-electron chi connectivity index (χ0n) is 15.3. The highest BCUT2D eigenvalue weighted by Gasteiger charge is 2.09. The molecule has 0 atom stereocenters. The molecule has 8 heteroatoms. The number of aromatic nitrogens is 3. The molecule has 0 spiro atoms. The van der Waals surface area contributed by atoms with Gasteiger partial charge < -0.3 is 9.47 Å². The summed E-state index contributed by atoms with van der Waals surface area (Å²) < 4.78 is 11.8. The monoisotopic (exact) mass is 397 g/mol. The van der Waals surface area contributed by atoms with Gasteiger partial charge in [0.25, 0.3) is 5.56 Å². The SMILES string of the molecule is C=CCOc1ccc(/C=C/C(=O)OCc2cc(=O)n3nc(CC)sc3n2)cc1. The fourth-order valence-electron chi connectivity index (χ4n) is 2.30. The highest BCUT2D eigenvalue weighted by atomic mass is 32.1. The van der Waals surface area contributed by atoms with E-state index in [1.54, 1.807) is 24.3 Å². The van der Waals surface area contributed by atoms with Crippen LogP contribution < -0.4 is 10.3 Å². The molecule has 0 N–H and O–H groups in total. The molecular formula is C20H19N3O4S. The number of fused-ring (bicyclic) bond motifs is 1. The number of ether oxygens (including phenoxy) is 2. The first kappa shape index (κ1) is 19.5. The Labute approximate surface area is 165 Å². The molecule has 28 heavy (non-hydrogen) atoms. The first-order chi connectivity index (χ1) is 13.6. The lowest BCUT2D eigenvalue weighted by Gasteiger charge is -2.03. The zero-order chi connectivity index (χ0) is 19.9. The van der Waals surface area contributed by atoms with E-state index in [1.807, 2.05) is 19.1 Å². The molecule has 0 amide bonds. The topological polar surface area (TPSA) is 82.8 Å². The Morgan fingerprint density at radius 3 is 2.82 bits per heavy atom. The van der Waals surface area contributed by atoms with Gasteiger partial charge in [0.15, 0.2) is 0 Å². The van der Waals surface area contributed by atoms with E-state index in [1.165, 1.54) is 28.0 Å². The van der Waals surface area contributed by atoms with E-state index in [-0.39, 0.29) is 12.2 Å². The van der Waals surface area contributed by atoms with Gasteiger partial charge in [-0.3, -0.25) is 4.79 Å². The average molecular weight is 397 g/mol. The third-order valence-electron chi connectivity index (χ3n) is 3.66. The van der Waals surface area contributed by atoms with Gasteiger partial charge in [0.2, 0.25) is 4.96 Å². The summed E-state index contributed by atoms with van der Waals surface area (Å²) in [6.07, 6.45) is 5.36. The Hall–Kier alpha value is -3.26. The second kappa shape index (κ2) is 9.09. The number of nitrogens with zero attached hydrogens (tertiary/aromatic N) is 3. The summed E-state index contributed by atoms with van der Waals surface area (Å²) in [5.41, 5.74) is 0.931. The lowest BCUT2D eigenvalue weighted by Crippen LogP contribution is -2.16. The second-order valence-corrected chi connectivity index (χ2v) is 6.78. The normalized spacial score (nSPS) is 11.0. The van der Waals surface area contributed by atoms with Gasteiger partial charge in [-0.25, -0.2) is 9.78 Å². The molecule has 0 radical (unpaired) electrons. The quantitative estimate of drug-likeness (QED) is 0.330. The molecule has 7 nitrogen and oxygen atoms in total. The maximum atomic E-state index is 12.1. The predicted molar refractivity (Wildman–Crippen MR) is 107 cm³/mol. The Kier molecular flexibility index (Phi) is 6.33. The van der Waals surface area contributed by atoms with Crippen LogP contribution in [0, 0.1) is 0 Å². The summed E-state index contributed by atoms with van der Waals surface area (Å²) in [5.74, 6) is 0.203. The fourth-order valence-corrected chi connectivity index (χ4v) is 3.16. The third kappa shape index (κ3) is 4.92. The van der Waals surface area contributed by atoms with Crippen molar-refractivity contribution < 1.29 is 14.3 Å². The summed E-state index contributed by atoms with van der Waals surface area (Å²) in [5, 5.41) is 5.00. The minimum Gasteiger partial charge on any atom is -0.490 e. The summed E-state index contributed by atoms with van der Waals surface area (Å²) in [4.78, 5) is 28.8. The highest BCUT2D eigenvalue weighted by molar-refractivity contribution is 7.16. The molecule has 0 aliphatic heterocycles. The molecule has 0 fully saturated rings. The maximum absolute atomic E-state index is 12.1. The number of rotatable bonds is 8. The van der Waals surface area contributed by atoms with E-state index < -0.39 is 5.97 Å². The Morgan fingerprint density at radius 1 is 1.32 bits per heavy atom. The first-order valence-electron chi connectivity index (χ1n) is 8.66. The van der Waals surface area contributed by atoms with Gasteiger partial charge in [-0.15, -0.1) is 0 Å². The molecule has 2 heterocycles. The molecule has 2 aromatic heterocycles. The van der Waals surface area contributed by atoms with E-state index >= 15 is 0 Å². The van der Waals surface area contributed by atoms with Crippen molar-refractivity contribution in [2.75, 3.05) is 6.61 Å². The van der Waals surface area contributed by atoms with Crippen LogP contribution in [0.5, 0.6) is 5.75 Å². The van der Waals surface area contributed by atoms with Crippen molar-refractivity contribution in [2.24, 2.45) is 0 Å². The number of esters is 1. The zero-order valence-corrected chi connectivity index (χ0v) is 16.1. The number of benzene rings is 1. The Bertz CT molecular complexity index is 1070. The number of hydrogen-bond acceptors (Lipinski definition) is 7. The fraction of sp³-hybridized carbons (Fsp3) is 0.200. The molecule has 3 rings (SSSR count). The van der Waals surface area contributed by atoms with Crippen molar-refractivity contribution in [3.05, 3.63) is 75.7 Å². The van der Waals surface area contributed by atoms with Crippen LogP contribution in [0.15, 0.2) is 53.9 Å². The van der Waals surface area contributed by atoms with Gasteiger partial charge in [0, 0.05) is 12.1 Å². The number of hydrogen-bond donors (Lipinski definition) is 0. The van der Waals surface area contributed by atoms with Crippen molar-refractivity contribution in [2.45, 2.75) is 20.0 Å². The molecule has 0 aliphatic carbocycles. The van der Waals surface area contributed by atoms with Gasteiger partial charge in [-0.05, 0) is 30.2 Å². The van der Waals surface area contributed by atoms with E-state index in [0.29, 0.717) is 17.3 Å². The summed E-state index contributed by atoms with van der Waals surface area (Å²) in [6, 6.07) is 8.59. The van der Waals surface area contributed by atoms with Crippen LogP contribution in [0.3, 0.4) is 0 Å². The molecule has 0 saturated heterocycles. The van der Waals surface area contributed by atoms with Crippen LogP contribution in [-0.4, -0.2) is 27.2 Å². The molecule has 1 aromatic carbocycles. The van der Waals surface area contributed by atoms with Crippen LogP contribution in [0.25, 0.3) is 11.0 Å². The summed E-state index contributed by atoms with van der Waals surface area (Å²) >= 11 is 1.34. The second-order valence-electron chi connectivity index (χ2n) is 5.74. The maximum Gasteiger partial charge on any atom is 0.331 e. The average Bonchev–Trinajstić information content (AvgIpc) is 3.14. The van der Waals surface area contributed by atoms with Crippen LogP contribution in [-0.2, 0) is 22.6 Å². The molecule has 3 aromatic rings. The summed E-state index contributed by atoms with van der Waals surface area (Å²) in [7, 11) is 0. The van der Waals surface area contributed by atoms with Crippen molar-refractivity contribution in [1.82, 2.24) is 14.6 Å². The Balaban J connectivity index is 1.59. The van der Waals surface area contributed by atoms with Crippen LogP contribution >= 0.6 is 11.3 Å². The smallest absolute Gasteiger partial charge is 0.331 e. The lowest BCUT2D eigenvalue weighted by molar-refractivity contribution is -0.139. The minimum absolute atomic E-state index is 0.0808.